The van der Waals surface area contributed by atoms with Crippen LogP contribution in [0.15, 0.2) is 12.4 Å². The minimum absolute atomic E-state index is 0. The van der Waals surface area contributed by atoms with Gasteiger partial charge in [-0.3, -0.25) is 4.98 Å². The molecule has 0 aliphatic rings. The smallest absolute Gasteiger partial charge is 0.422 e. The molecule has 0 atom stereocenters. The lowest BCUT2D eigenvalue weighted by Crippen LogP contribution is -2.20. The first-order chi connectivity index (χ1) is 6.53. The van der Waals surface area contributed by atoms with E-state index in [1.807, 2.05) is 0 Å². The van der Waals surface area contributed by atoms with Crippen molar-refractivity contribution in [2.45, 2.75) is 12.7 Å². The average Bonchev–Trinajstić information content (AvgIpc) is 2.14. The van der Waals surface area contributed by atoms with Crippen LogP contribution in [0, 0.1) is 0 Å². The molecule has 1 heterocycles. The molecule has 0 amide bonds. The molecule has 0 spiro atoms. The van der Waals surface area contributed by atoms with Crippen LogP contribution in [-0.4, -0.2) is 22.8 Å². The lowest BCUT2D eigenvalue weighted by molar-refractivity contribution is -0.154. The maximum atomic E-state index is 11.8. The van der Waals surface area contributed by atoms with Crippen LogP contribution in [0.5, 0.6) is 5.88 Å². The molecule has 0 aliphatic heterocycles. The van der Waals surface area contributed by atoms with Crippen LogP contribution >= 0.6 is 12.4 Å². The highest BCUT2D eigenvalue weighted by Gasteiger charge is 2.29. The van der Waals surface area contributed by atoms with Crippen molar-refractivity contribution in [3.8, 4) is 5.88 Å². The Kier molecular flexibility index (Phi) is 5.31. The second kappa shape index (κ2) is 5.72. The zero-order valence-electron chi connectivity index (χ0n) is 7.49. The average molecular weight is 244 g/mol. The van der Waals surface area contributed by atoms with Crippen LogP contribution in [0.25, 0.3) is 0 Å². The van der Waals surface area contributed by atoms with E-state index in [0.29, 0.717) is 0 Å². The molecule has 4 nitrogen and oxygen atoms in total. The molecule has 0 saturated carbocycles. The van der Waals surface area contributed by atoms with Gasteiger partial charge < -0.3 is 10.5 Å². The predicted molar refractivity (Wildman–Crippen MR) is 48.7 cm³/mol. The fourth-order valence-electron chi connectivity index (χ4n) is 0.765. The van der Waals surface area contributed by atoms with Gasteiger partial charge in [0.1, 0.15) is 5.69 Å². The molecular weight excluding hydrogens is 235 g/mol. The SMILES string of the molecule is Cl.NCc1nccnc1OCC(F)(F)F. The first-order valence-electron chi connectivity index (χ1n) is 3.72. The van der Waals surface area contributed by atoms with Gasteiger partial charge in [0.15, 0.2) is 6.61 Å². The summed E-state index contributed by atoms with van der Waals surface area (Å²) in [5, 5.41) is 0. The van der Waals surface area contributed by atoms with Crippen LogP contribution in [-0.2, 0) is 6.54 Å². The van der Waals surface area contributed by atoms with Crippen LogP contribution in [0.4, 0.5) is 13.2 Å². The lowest BCUT2D eigenvalue weighted by atomic mass is 10.4. The van der Waals surface area contributed by atoms with Crippen molar-refractivity contribution in [3.05, 3.63) is 18.1 Å². The number of nitrogens with two attached hydrogens (primary N) is 1. The molecule has 0 aromatic carbocycles. The van der Waals surface area contributed by atoms with E-state index in [2.05, 4.69) is 14.7 Å². The Balaban J connectivity index is 0.00000196. The number of hydrogen-bond acceptors (Lipinski definition) is 4. The van der Waals surface area contributed by atoms with Crippen molar-refractivity contribution in [1.82, 2.24) is 9.97 Å². The second-order valence-electron chi connectivity index (χ2n) is 2.42. The third-order valence-electron chi connectivity index (χ3n) is 1.30. The standard InChI is InChI=1S/C7H8F3N3O.ClH/c8-7(9,10)4-14-6-5(3-11)12-1-2-13-6;/h1-2H,3-4,11H2;1H. The van der Waals surface area contributed by atoms with Gasteiger partial charge in [0.2, 0.25) is 5.88 Å². The second-order valence-corrected chi connectivity index (χ2v) is 2.42. The molecule has 1 aromatic heterocycles. The van der Waals surface area contributed by atoms with Gasteiger partial charge in [-0.1, -0.05) is 0 Å². The van der Waals surface area contributed by atoms with Crippen LogP contribution in [0.1, 0.15) is 5.69 Å². The zero-order valence-corrected chi connectivity index (χ0v) is 8.31. The van der Waals surface area contributed by atoms with E-state index in [1.54, 1.807) is 0 Å². The number of nitrogens with zero attached hydrogens (tertiary/aromatic N) is 2. The minimum atomic E-state index is -4.39. The van der Waals surface area contributed by atoms with E-state index in [0.717, 1.165) is 0 Å². The number of rotatable bonds is 3. The Bertz CT molecular complexity index is 308. The zero-order chi connectivity index (χ0) is 10.6. The summed E-state index contributed by atoms with van der Waals surface area (Å²) < 4.78 is 39.7. The van der Waals surface area contributed by atoms with E-state index < -0.39 is 12.8 Å². The Morgan fingerprint density at radius 2 is 1.87 bits per heavy atom. The molecule has 15 heavy (non-hydrogen) atoms. The highest BCUT2D eigenvalue weighted by Crippen LogP contribution is 2.18. The summed E-state index contributed by atoms with van der Waals surface area (Å²) in [7, 11) is 0. The fourth-order valence-corrected chi connectivity index (χ4v) is 0.765. The van der Waals surface area contributed by atoms with Gasteiger partial charge in [0, 0.05) is 18.9 Å². The Hall–Kier alpha value is -1.08. The van der Waals surface area contributed by atoms with E-state index in [-0.39, 0.29) is 30.5 Å². The largest absolute Gasteiger partial charge is 0.467 e. The quantitative estimate of drug-likeness (QED) is 0.869. The monoisotopic (exact) mass is 243 g/mol. The van der Waals surface area contributed by atoms with Gasteiger partial charge in [0.25, 0.3) is 0 Å². The molecule has 0 radical (unpaired) electrons. The number of aromatic nitrogens is 2. The minimum Gasteiger partial charge on any atom is -0.467 e. The fraction of sp³-hybridized carbons (Fsp3) is 0.429. The summed E-state index contributed by atoms with van der Waals surface area (Å²) in [4.78, 5) is 7.31. The number of hydrogen-bond donors (Lipinski definition) is 1. The molecule has 0 bridgehead atoms. The highest BCUT2D eigenvalue weighted by atomic mass is 35.5. The molecule has 2 N–H and O–H groups in total. The van der Waals surface area contributed by atoms with Crippen molar-refractivity contribution in [2.24, 2.45) is 5.73 Å². The van der Waals surface area contributed by atoms with Gasteiger partial charge in [-0.05, 0) is 0 Å². The van der Waals surface area contributed by atoms with Gasteiger partial charge in [-0.15, -0.1) is 12.4 Å². The third kappa shape index (κ3) is 4.80. The molecule has 0 unspecified atom stereocenters. The summed E-state index contributed by atoms with van der Waals surface area (Å²) in [6.07, 6.45) is -1.81. The summed E-state index contributed by atoms with van der Waals surface area (Å²) >= 11 is 0. The predicted octanol–water partition coefficient (Wildman–Crippen LogP) is 1.30. The first-order valence-corrected chi connectivity index (χ1v) is 3.72. The van der Waals surface area contributed by atoms with Gasteiger partial charge in [-0.2, -0.15) is 13.2 Å². The summed E-state index contributed by atoms with van der Waals surface area (Å²) in [6.45, 7) is -1.40. The van der Waals surface area contributed by atoms with Gasteiger partial charge >= 0.3 is 6.18 Å². The molecule has 86 valence electrons. The van der Waals surface area contributed by atoms with Crippen molar-refractivity contribution in [3.63, 3.8) is 0 Å². The van der Waals surface area contributed by atoms with E-state index in [9.17, 15) is 13.2 Å². The van der Waals surface area contributed by atoms with Gasteiger partial charge in [-0.25, -0.2) is 4.98 Å². The number of alkyl halides is 3. The Labute approximate surface area is 90.1 Å². The Morgan fingerprint density at radius 1 is 1.27 bits per heavy atom. The summed E-state index contributed by atoms with van der Waals surface area (Å²) in [5.41, 5.74) is 5.43. The van der Waals surface area contributed by atoms with E-state index >= 15 is 0 Å². The first kappa shape index (κ1) is 13.9. The molecule has 1 aromatic rings. The van der Waals surface area contributed by atoms with Gasteiger partial charge in [0.05, 0.1) is 0 Å². The topological polar surface area (TPSA) is 61.0 Å². The van der Waals surface area contributed by atoms with Crippen molar-refractivity contribution in [2.75, 3.05) is 6.61 Å². The highest BCUT2D eigenvalue weighted by molar-refractivity contribution is 5.85. The molecule has 1 rings (SSSR count). The van der Waals surface area contributed by atoms with Crippen molar-refractivity contribution >= 4 is 12.4 Å². The molecule has 0 aliphatic carbocycles. The molecule has 0 saturated heterocycles. The maximum Gasteiger partial charge on any atom is 0.422 e. The van der Waals surface area contributed by atoms with Crippen LogP contribution in [0.2, 0.25) is 0 Å². The summed E-state index contributed by atoms with van der Waals surface area (Å²) in [5.74, 6) is -0.174. The van der Waals surface area contributed by atoms with Crippen LogP contribution in [0.3, 0.4) is 0 Å². The van der Waals surface area contributed by atoms with E-state index in [1.165, 1.54) is 12.4 Å². The number of ether oxygens (including phenoxy) is 1. The molecule has 0 fully saturated rings. The summed E-state index contributed by atoms with van der Waals surface area (Å²) in [6, 6.07) is 0. The van der Waals surface area contributed by atoms with Crippen molar-refractivity contribution < 1.29 is 17.9 Å². The maximum absolute atomic E-state index is 11.8. The van der Waals surface area contributed by atoms with Crippen LogP contribution < -0.4 is 10.5 Å². The molecular formula is C7H9ClF3N3O. The molecule has 8 heteroatoms. The Morgan fingerprint density at radius 3 is 2.40 bits per heavy atom. The third-order valence-corrected chi connectivity index (χ3v) is 1.30. The lowest BCUT2D eigenvalue weighted by Gasteiger charge is -2.09. The number of halogens is 4. The van der Waals surface area contributed by atoms with Crippen molar-refractivity contribution in [1.29, 1.82) is 0 Å². The normalized spacial score (nSPS) is 10.7. The van der Waals surface area contributed by atoms with E-state index in [4.69, 9.17) is 5.73 Å².